The molecule has 0 bridgehead atoms. The summed E-state index contributed by atoms with van der Waals surface area (Å²) >= 11 is 0. The number of nitrogens with zero attached hydrogens (tertiary/aromatic N) is 1. The molecule has 2 atom stereocenters. The Kier molecular flexibility index (Phi) is 4.18. The Morgan fingerprint density at radius 1 is 1.26 bits per heavy atom. The van der Waals surface area contributed by atoms with Gasteiger partial charge in [0.1, 0.15) is 5.75 Å². The van der Waals surface area contributed by atoms with E-state index in [9.17, 15) is 18.0 Å². The van der Waals surface area contributed by atoms with Crippen LogP contribution in [0.4, 0.5) is 18.9 Å². The van der Waals surface area contributed by atoms with E-state index in [1.165, 1.54) is 24.4 Å². The minimum Gasteiger partial charge on any atom is -0.435 e. The Morgan fingerprint density at radius 2 is 2.00 bits per heavy atom. The molecule has 1 aliphatic rings. The molecule has 7 heteroatoms. The lowest BCUT2D eigenvalue weighted by molar-refractivity contribution is -0.117. The number of ether oxygens (including phenoxy) is 1. The van der Waals surface area contributed by atoms with Gasteiger partial charge in [0, 0.05) is 12.1 Å². The second kappa shape index (κ2) is 6.28. The molecule has 1 fully saturated rings. The summed E-state index contributed by atoms with van der Waals surface area (Å²) in [4.78, 5) is 15.7. The number of hydrogen-bond donors (Lipinski definition) is 1. The highest BCUT2D eigenvalue weighted by Gasteiger charge is 2.44. The Bertz CT molecular complexity index is 707. The number of rotatable bonds is 5. The molecule has 0 unspecified atom stereocenters. The molecule has 1 N–H and O–H groups in total. The first-order valence-corrected chi connectivity index (χ1v) is 6.99. The Labute approximate surface area is 130 Å². The maximum atomic E-state index is 13.5. The Morgan fingerprint density at radius 3 is 2.65 bits per heavy atom. The Balaban J connectivity index is 1.60. The van der Waals surface area contributed by atoms with Gasteiger partial charge in [-0.25, -0.2) is 4.39 Å². The van der Waals surface area contributed by atoms with Crippen LogP contribution in [0.5, 0.6) is 5.75 Å². The zero-order valence-corrected chi connectivity index (χ0v) is 11.9. The van der Waals surface area contributed by atoms with Crippen molar-refractivity contribution in [2.45, 2.75) is 19.0 Å². The van der Waals surface area contributed by atoms with Gasteiger partial charge < -0.3 is 10.1 Å². The lowest BCUT2D eigenvalue weighted by Gasteiger charge is -2.07. The minimum atomic E-state index is -2.87. The van der Waals surface area contributed by atoms with Gasteiger partial charge in [0.15, 0.2) is 5.82 Å². The molecule has 0 saturated heterocycles. The number of amides is 1. The third-order valence-electron chi connectivity index (χ3n) is 3.69. The van der Waals surface area contributed by atoms with Gasteiger partial charge in [0.2, 0.25) is 5.91 Å². The van der Waals surface area contributed by atoms with Crippen LogP contribution >= 0.6 is 0 Å². The van der Waals surface area contributed by atoms with Gasteiger partial charge in [-0.3, -0.25) is 9.78 Å². The largest absolute Gasteiger partial charge is 0.435 e. The fourth-order valence-corrected chi connectivity index (χ4v) is 2.45. The van der Waals surface area contributed by atoms with Crippen molar-refractivity contribution in [2.75, 3.05) is 5.32 Å². The molecule has 23 heavy (non-hydrogen) atoms. The number of pyridine rings is 1. The van der Waals surface area contributed by atoms with Crippen LogP contribution in [0.15, 0.2) is 42.7 Å². The van der Waals surface area contributed by atoms with Crippen LogP contribution in [-0.2, 0) is 4.79 Å². The fraction of sp³-hybridized carbons (Fsp3) is 0.250. The fourth-order valence-electron chi connectivity index (χ4n) is 2.45. The van der Waals surface area contributed by atoms with Crippen molar-refractivity contribution in [1.82, 2.24) is 4.98 Å². The Hall–Kier alpha value is -2.57. The van der Waals surface area contributed by atoms with Crippen LogP contribution in [-0.4, -0.2) is 17.5 Å². The second-order valence-corrected chi connectivity index (χ2v) is 5.24. The highest BCUT2D eigenvalue weighted by Crippen LogP contribution is 2.48. The van der Waals surface area contributed by atoms with Crippen molar-refractivity contribution in [3.63, 3.8) is 0 Å². The van der Waals surface area contributed by atoms with Gasteiger partial charge in [-0.1, -0.05) is 12.1 Å². The lowest BCUT2D eigenvalue weighted by atomic mass is 10.1. The number of anilines is 1. The molecule has 1 heterocycles. The first kappa shape index (κ1) is 15.3. The number of benzene rings is 1. The molecule has 1 aromatic carbocycles. The third-order valence-corrected chi connectivity index (χ3v) is 3.69. The molecule has 1 aliphatic carbocycles. The van der Waals surface area contributed by atoms with Crippen molar-refractivity contribution in [2.24, 2.45) is 5.92 Å². The molecule has 2 aromatic rings. The molecule has 3 rings (SSSR count). The van der Waals surface area contributed by atoms with Gasteiger partial charge in [-0.15, -0.1) is 0 Å². The van der Waals surface area contributed by atoms with Gasteiger partial charge >= 0.3 is 6.61 Å². The highest BCUT2D eigenvalue weighted by molar-refractivity contribution is 5.95. The average Bonchev–Trinajstić information content (AvgIpc) is 3.30. The van der Waals surface area contributed by atoms with Crippen LogP contribution in [0.3, 0.4) is 0 Å². The topological polar surface area (TPSA) is 51.2 Å². The van der Waals surface area contributed by atoms with E-state index in [4.69, 9.17) is 0 Å². The highest BCUT2D eigenvalue weighted by atomic mass is 19.3. The van der Waals surface area contributed by atoms with Crippen molar-refractivity contribution in [1.29, 1.82) is 0 Å². The number of alkyl halides is 2. The summed E-state index contributed by atoms with van der Waals surface area (Å²) in [5, 5.41) is 2.53. The predicted molar refractivity (Wildman–Crippen MR) is 76.7 cm³/mol. The van der Waals surface area contributed by atoms with Gasteiger partial charge in [0.05, 0.1) is 11.9 Å². The van der Waals surface area contributed by atoms with Gasteiger partial charge in [-0.2, -0.15) is 8.78 Å². The van der Waals surface area contributed by atoms with Crippen LogP contribution in [0.1, 0.15) is 17.9 Å². The number of nitrogens with one attached hydrogen (secondary N) is 1. The summed E-state index contributed by atoms with van der Waals surface area (Å²) in [5.74, 6) is -1.05. The van der Waals surface area contributed by atoms with Crippen molar-refractivity contribution in [3.8, 4) is 5.75 Å². The number of hydrogen-bond acceptors (Lipinski definition) is 3. The summed E-state index contributed by atoms with van der Waals surface area (Å²) in [5.41, 5.74) is 0.957. The van der Waals surface area contributed by atoms with E-state index in [1.807, 2.05) is 0 Å². The summed E-state index contributed by atoms with van der Waals surface area (Å²) in [6.45, 7) is -2.87. The van der Waals surface area contributed by atoms with Gasteiger partial charge in [0.25, 0.3) is 0 Å². The lowest BCUT2D eigenvalue weighted by Crippen LogP contribution is -2.15. The molecule has 1 amide bonds. The summed E-state index contributed by atoms with van der Waals surface area (Å²) in [7, 11) is 0. The molecule has 0 aliphatic heterocycles. The van der Waals surface area contributed by atoms with E-state index >= 15 is 0 Å². The average molecular weight is 322 g/mol. The number of aromatic nitrogens is 1. The van der Waals surface area contributed by atoms with Crippen molar-refractivity contribution >= 4 is 11.6 Å². The monoisotopic (exact) mass is 322 g/mol. The maximum Gasteiger partial charge on any atom is 0.387 e. The second-order valence-electron chi connectivity index (χ2n) is 5.24. The zero-order chi connectivity index (χ0) is 16.4. The van der Waals surface area contributed by atoms with E-state index < -0.39 is 12.4 Å². The molecule has 120 valence electrons. The van der Waals surface area contributed by atoms with E-state index in [0.717, 1.165) is 11.8 Å². The summed E-state index contributed by atoms with van der Waals surface area (Å²) < 4.78 is 41.9. The molecular formula is C16H13F3N2O2. The smallest absolute Gasteiger partial charge is 0.387 e. The first-order chi connectivity index (χ1) is 11.0. The summed E-state index contributed by atoms with van der Waals surface area (Å²) in [6, 6.07) is 7.58. The summed E-state index contributed by atoms with van der Waals surface area (Å²) in [6.07, 6.45) is 3.06. The number of carbonyl (C=O) groups excluding carboxylic acids is 1. The third kappa shape index (κ3) is 3.61. The van der Waals surface area contributed by atoms with Crippen LogP contribution < -0.4 is 10.1 Å². The SMILES string of the molecule is O=C(Nc1ccncc1F)[C@@H]1C[C@H]1c1ccc(OC(F)F)cc1. The van der Waals surface area contributed by atoms with Crippen LogP contribution in [0.25, 0.3) is 0 Å². The first-order valence-electron chi connectivity index (χ1n) is 6.99. The van der Waals surface area contributed by atoms with Crippen LogP contribution in [0.2, 0.25) is 0 Å². The molecule has 1 saturated carbocycles. The predicted octanol–water partition coefficient (Wildman–Crippen LogP) is 3.56. The van der Waals surface area contributed by atoms with Crippen molar-refractivity contribution in [3.05, 3.63) is 54.1 Å². The standard InChI is InChI=1S/C16H13F3N2O2/c17-13-8-20-6-5-14(13)21-15(22)12-7-11(12)9-1-3-10(4-2-9)23-16(18)19/h1-6,8,11-12,16H,7H2,(H,20,21,22)/t11-,12+/m0/s1. The molecule has 0 spiro atoms. The van der Waals surface area contributed by atoms with E-state index in [0.29, 0.717) is 6.42 Å². The van der Waals surface area contributed by atoms with E-state index in [2.05, 4.69) is 15.0 Å². The van der Waals surface area contributed by atoms with Gasteiger partial charge in [-0.05, 0) is 36.1 Å². The van der Waals surface area contributed by atoms with Crippen molar-refractivity contribution < 1.29 is 22.7 Å². The van der Waals surface area contributed by atoms with Crippen LogP contribution in [0, 0.1) is 11.7 Å². The quantitative estimate of drug-likeness (QED) is 0.915. The number of carbonyl (C=O) groups is 1. The normalized spacial score (nSPS) is 19.5. The van der Waals surface area contributed by atoms with E-state index in [-0.39, 0.29) is 29.2 Å². The maximum absolute atomic E-state index is 13.5. The zero-order valence-electron chi connectivity index (χ0n) is 11.9. The molecule has 0 radical (unpaired) electrons. The molecule has 4 nitrogen and oxygen atoms in total. The van der Waals surface area contributed by atoms with E-state index in [1.54, 1.807) is 12.1 Å². The minimum absolute atomic E-state index is 0.000462. The molecule has 1 aromatic heterocycles. The molecular weight excluding hydrogens is 309 g/mol. The number of halogens is 3.